The zero-order chi connectivity index (χ0) is 23.7. The molecule has 3 rings (SSSR count). The molecule has 3 atom stereocenters. The number of carbonyl (C=O) groups is 4. The van der Waals surface area contributed by atoms with Gasteiger partial charge in [0.05, 0.1) is 0 Å². The predicted molar refractivity (Wildman–Crippen MR) is 113 cm³/mol. The Morgan fingerprint density at radius 1 is 1.22 bits per heavy atom. The number of nitrogens with zero attached hydrogens (tertiary/aromatic N) is 1. The summed E-state index contributed by atoms with van der Waals surface area (Å²) in [6.07, 6.45) is 0.991. The van der Waals surface area contributed by atoms with Gasteiger partial charge in [0.25, 0.3) is 17.7 Å². The van der Waals surface area contributed by atoms with Crippen LogP contribution in [0.25, 0.3) is 0 Å². The average molecular weight is 448 g/mol. The lowest BCUT2D eigenvalue weighted by Gasteiger charge is -2.43. The van der Waals surface area contributed by atoms with Gasteiger partial charge in [-0.1, -0.05) is 20.8 Å². The van der Waals surface area contributed by atoms with E-state index in [1.54, 1.807) is 0 Å². The van der Waals surface area contributed by atoms with Gasteiger partial charge in [-0.25, -0.2) is 9.18 Å². The molecule has 0 bridgehead atoms. The average Bonchev–Trinajstić information content (AvgIpc) is 2.89. The standard InChI is InChI=1S/C22H29FN4O5/c1-13-9-21(3,4)12-22(10-13)19(30)27(20(31)24-22)11-17(28)25-26-18(29)14(2)32-16-7-5-15(23)6-8-16/h5-8,13-14H,9-12H2,1-4H3,(H,24,31)(H,25,28)(H,26,29). The molecule has 3 unspecified atom stereocenters. The second kappa shape index (κ2) is 8.76. The van der Waals surface area contributed by atoms with Crippen LogP contribution in [0.1, 0.15) is 47.0 Å². The molecule has 0 radical (unpaired) electrons. The highest BCUT2D eigenvalue weighted by Gasteiger charge is 2.56. The Hall–Kier alpha value is -3.17. The van der Waals surface area contributed by atoms with E-state index < -0.39 is 47.8 Å². The van der Waals surface area contributed by atoms with E-state index in [-0.39, 0.29) is 17.1 Å². The van der Waals surface area contributed by atoms with Gasteiger partial charge in [0.1, 0.15) is 23.7 Å². The predicted octanol–water partition coefficient (Wildman–Crippen LogP) is 1.88. The van der Waals surface area contributed by atoms with Crippen LogP contribution in [0.15, 0.2) is 24.3 Å². The molecule has 2 fully saturated rings. The van der Waals surface area contributed by atoms with E-state index >= 15 is 0 Å². The lowest BCUT2D eigenvalue weighted by atomic mass is 9.64. The van der Waals surface area contributed by atoms with Crippen LogP contribution in [-0.4, -0.2) is 46.8 Å². The van der Waals surface area contributed by atoms with Crippen molar-refractivity contribution in [2.75, 3.05) is 6.54 Å². The Labute approximate surface area is 186 Å². The zero-order valence-electron chi connectivity index (χ0n) is 18.7. The second-order valence-electron chi connectivity index (χ2n) is 9.51. The maximum atomic E-state index is 13.1. The minimum Gasteiger partial charge on any atom is -0.481 e. The lowest BCUT2D eigenvalue weighted by Crippen LogP contribution is -2.55. The number of ether oxygens (including phenoxy) is 1. The Bertz CT molecular complexity index is 919. The highest BCUT2D eigenvalue weighted by atomic mass is 19.1. The summed E-state index contributed by atoms with van der Waals surface area (Å²) in [7, 11) is 0. The third kappa shape index (κ3) is 5.17. The van der Waals surface area contributed by atoms with Gasteiger partial charge in [-0.3, -0.25) is 30.1 Å². The Balaban J connectivity index is 1.53. The number of halogens is 1. The molecule has 1 aliphatic carbocycles. The van der Waals surface area contributed by atoms with Gasteiger partial charge in [-0.2, -0.15) is 0 Å². The minimum atomic E-state index is -1.00. The summed E-state index contributed by atoms with van der Waals surface area (Å²) in [5, 5.41) is 2.80. The van der Waals surface area contributed by atoms with Crippen molar-refractivity contribution >= 4 is 23.8 Å². The highest BCUT2D eigenvalue weighted by molar-refractivity contribution is 6.09. The number of nitrogens with one attached hydrogen (secondary N) is 3. The van der Waals surface area contributed by atoms with Gasteiger partial charge in [-0.15, -0.1) is 0 Å². The topological polar surface area (TPSA) is 117 Å². The number of amides is 5. The van der Waals surface area contributed by atoms with Crippen molar-refractivity contribution in [2.24, 2.45) is 11.3 Å². The molecule has 1 spiro atoms. The van der Waals surface area contributed by atoms with Crippen molar-refractivity contribution in [3.8, 4) is 5.75 Å². The first-order chi connectivity index (χ1) is 14.9. The maximum absolute atomic E-state index is 13.1. The number of benzene rings is 1. The molecule has 1 heterocycles. The number of imide groups is 1. The smallest absolute Gasteiger partial charge is 0.325 e. The van der Waals surface area contributed by atoms with Gasteiger partial charge in [0, 0.05) is 0 Å². The summed E-state index contributed by atoms with van der Waals surface area (Å²) >= 11 is 0. The SMILES string of the molecule is CC1CC(C)(C)CC2(C1)NC(=O)N(CC(=O)NNC(=O)C(C)Oc1ccc(F)cc1)C2=O. The fourth-order valence-corrected chi connectivity index (χ4v) is 4.84. The molecule has 1 aromatic carbocycles. The summed E-state index contributed by atoms with van der Waals surface area (Å²) in [4.78, 5) is 50.9. The van der Waals surface area contributed by atoms with E-state index in [0.29, 0.717) is 12.8 Å². The number of carbonyl (C=O) groups excluding carboxylic acids is 4. The molecule has 0 aromatic heterocycles. The molecular formula is C22H29FN4O5. The van der Waals surface area contributed by atoms with Crippen LogP contribution in [0.4, 0.5) is 9.18 Å². The number of urea groups is 1. The first kappa shape index (κ1) is 23.5. The summed E-state index contributed by atoms with van der Waals surface area (Å²) in [5.41, 5.74) is 3.27. The zero-order valence-corrected chi connectivity index (χ0v) is 18.7. The fourth-order valence-electron chi connectivity index (χ4n) is 4.84. The van der Waals surface area contributed by atoms with E-state index in [9.17, 15) is 23.6 Å². The number of rotatable bonds is 5. The Kier molecular flexibility index (Phi) is 6.43. The first-order valence-electron chi connectivity index (χ1n) is 10.6. The maximum Gasteiger partial charge on any atom is 0.325 e. The quantitative estimate of drug-likeness (QED) is 0.470. The van der Waals surface area contributed by atoms with Crippen LogP contribution < -0.4 is 20.9 Å². The van der Waals surface area contributed by atoms with Gasteiger partial charge < -0.3 is 10.1 Å². The van der Waals surface area contributed by atoms with Crippen LogP contribution in [0, 0.1) is 17.2 Å². The van der Waals surface area contributed by atoms with E-state index in [1.165, 1.54) is 31.2 Å². The molecule has 1 saturated carbocycles. The monoisotopic (exact) mass is 448 g/mol. The molecule has 1 aromatic rings. The third-order valence-corrected chi connectivity index (χ3v) is 5.75. The largest absolute Gasteiger partial charge is 0.481 e. The minimum absolute atomic E-state index is 0.118. The Morgan fingerprint density at radius 3 is 2.50 bits per heavy atom. The number of hydrogen-bond donors (Lipinski definition) is 3. The van der Waals surface area contributed by atoms with E-state index in [0.717, 1.165) is 11.3 Å². The third-order valence-electron chi connectivity index (χ3n) is 5.75. The summed E-state index contributed by atoms with van der Waals surface area (Å²) < 4.78 is 18.3. The molecule has 1 saturated heterocycles. The lowest BCUT2D eigenvalue weighted by molar-refractivity contribution is -0.138. The first-order valence-corrected chi connectivity index (χ1v) is 10.6. The van der Waals surface area contributed by atoms with E-state index in [4.69, 9.17) is 4.74 Å². The normalized spacial score (nSPS) is 25.3. The van der Waals surface area contributed by atoms with Gasteiger partial charge in [-0.05, 0) is 61.8 Å². The molecule has 9 nitrogen and oxygen atoms in total. The van der Waals surface area contributed by atoms with Crippen LogP contribution >= 0.6 is 0 Å². The van der Waals surface area contributed by atoms with Crippen LogP contribution in [-0.2, 0) is 14.4 Å². The molecule has 174 valence electrons. The van der Waals surface area contributed by atoms with Crippen molar-refractivity contribution in [3.63, 3.8) is 0 Å². The highest BCUT2D eigenvalue weighted by Crippen LogP contribution is 2.46. The fraction of sp³-hybridized carbons (Fsp3) is 0.545. The van der Waals surface area contributed by atoms with Crippen LogP contribution in [0.3, 0.4) is 0 Å². The van der Waals surface area contributed by atoms with Gasteiger partial charge in [0.15, 0.2) is 6.10 Å². The summed E-state index contributed by atoms with van der Waals surface area (Å²) in [6, 6.07) is 4.52. The molecule has 3 N–H and O–H groups in total. The molecule has 1 aliphatic heterocycles. The van der Waals surface area contributed by atoms with Crippen molar-refractivity contribution < 1.29 is 28.3 Å². The number of hydrogen-bond acceptors (Lipinski definition) is 5. The van der Waals surface area contributed by atoms with Crippen LogP contribution in [0.2, 0.25) is 0 Å². The van der Waals surface area contributed by atoms with Crippen LogP contribution in [0.5, 0.6) is 5.75 Å². The van der Waals surface area contributed by atoms with Crippen molar-refractivity contribution in [2.45, 2.75) is 58.6 Å². The molecular weight excluding hydrogens is 419 g/mol. The summed E-state index contributed by atoms with van der Waals surface area (Å²) in [6.45, 7) is 7.10. The van der Waals surface area contributed by atoms with Gasteiger partial charge >= 0.3 is 6.03 Å². The van der Waals surface area contributed by atoms with Crippen molar-refractivity contribution in [3.05, 3.63) is 30.1 Å². The molecule has 2 aliphatic rings. The second-order valence-corrected chi connectivity index (χ2v) is 9.51. The number of hydrazine groups is 1. The van der Waals surface area contributed by atoms with E-state index in [2.05, 4.69) is 30.0 Å². The summed E-state index contributed by atoms with van der Waals surface area (Å²) in [5.74, 6) is -1.70. The van der Waals surface area contributed by atoms with E-state index in [1.807, 2.05) is 6.92 Å². The van der Waals surface area contributed by atoms with Gasteiger partial charge in [0.2, 0.25) is 0 Å². The van der Waals surface area contributed by atoms with Crippen molar-refractivity contribution in [1.29, 1.82) is 0 Å². The molecule has 10 heteroatoms. The Morgan fingerprint density at radius 2 is 1.88 bits per heavy atom. The molecule has 5 amide bonds. The van der Waals surface area contributed by atoms with Crippen molar-refractivity contribution in [1.82, 2.24) is 21.1 Å². The molecule has 32 heavy (non-hydrogen) atoms.